The Morgan fingerprint density at radius 1 is 1.14 bits per heavy atom. The maximum atomic E-state index is 12.3. The summed E-state index contributed by atoms with van der Waals surface area (Å²) in [5.41, 5.74) is 8.24. The van der Waals surface area contributed by atoms with Crippen molar-refractivity contribution >= 4 is 35.5 Å². The van der Waals surface area contributed by atoms with E-state index in [-0.39, 0.29) is 12.3 Å². The standard InChI is InChI=1S/C19H20N6O2S/c1-12-5-7-13(8-6-12)17-23-24-19(28)25(17)10-9-16(26)21-14-3-2-4-15(11-14)22-18(20)27/h2-8,11H,9-10H2,1H3,(H,21,26)(H,24,28)(H3,20,22,27). The molecule has 0 aliphatic heterocycles. The van der Waals surface area contributed by atoms with Crippen molar-refractivity contribution in [1.29, 1.82) is 0 Å². The van der Waals surface area contributed by atoms with Crippen LogP contribution in [-0.2, 0) is 11.3 Å². The van der Waals surface area contributed by atoms with Gasteiger partial charge < -0.3 is 16.4 Å². The van der Waals surface area contributed by atoms with Gasteiger partial charge in [0.25, 0.3) is 0 Å². The number of hydrogen-bond donors (Lipinski definition) is 4. The van der Waals surface area contributed by atoms with E-state index in [1.807, 2.05) is 31.2 Å². The maximum absolute atomic E-state index is 12.3. The van der Waals surface area contributed by atoms with Crippen molar-refractivity contribution in [1.82, 2.24) is 14.8 Å². The molecule has 0 fully saturated rings. The summed E-state index contributed by atoms with van der Waals surface area (Å²) in [7, 11) is 0. The molecule has 28 heavy (non-hydrogen) atoms. The summed E-state index contributed by atoms with van der Waals surface area (Å²) >= 11 is 5.30. The SMILES string of the molecule is Cc1ccc(-c2n[nH]c(=S)n2CCC(=O)Nc2cccc(NC(N)=O)c2)cc1. The van der Waals surface area contributed by atoms with Crippen molar-refractivity contribution < 1.29 is 9.59 Å². The second-order valence-corrected chi connectivity index (χ2v) is 6.62. The van der Waals surface area contributed by atoms with E-state index in [2.05, 4.69) is 20.8 Å². The molecule has 0 saturated heterocycles. The summed E-state index contributed by atoms with van der Waals surface area (Å²) < 4.78 is 2.25. The molecule has 0 saturated carbocycles. The fourth-order valence-corrected chi connectivity index (χ4v) is 2.93. The number of carbonyl (C=O) groups excluding carboxylic acids is 2. The Labute approximate surface area is 166 Å². The molecule has 5 N–H and O–H groups in total. The largest absolute Gasteiger partial charge is 0.351 e. The van der Waals surface area contributed by atoms with Gasteiger partial charge in [0, 0.05) is 29.9 Å². The van der Waals surface area contributed by atoms with Crippen LogP contribution in [0.1, 0.15) is 12.0 Å². The van der Waals surface area contributed by atoms with Crippen molar-refractivity contribution in [2.45, 2.75) is 19.9 Å². The van der Waals surface area contributed by atoms with Crippen LogP contribution in [0.25, 0.3) is 11.4 Å². The zero-order valence-corrected chi connectivity index (χ0v) is 16.0. The highest BCUT2D eigenvalue weighted by atomic mass is 32.1. The van der Waals surface area contributed by atoms with Crippen molar-refractivity contribution in [2.24, 2.45) is 5.73 Å². The van der Waals surface area contributed by atoms with E-state index in [0.717, 1.165) is 11.1 Å². The van der Waals surface area contributed by atoms with Crippen molar-refractivity contribution in [3.63, 3.8) is 0 Å². The number of aromatic amines is 1. The van der Waals surface area contributed by atoms with Gasteiger partial charge in [0.15, 0.2) is 10.6 Å². The number of aromatic nitrogens is 3. The first kappa shape index (κ1) is 19.3. The van der Waals surface area contributed by atoms with Crippen LogP contribution >= 0.6 is 12.2 Å². The molecule has 1 aromatic heterocycles. The molecular formula is C19H20N6O2S. The van der Waals surface area contributed by atoms with E-state index in [1.54, 1.807) is 28.8 Å². The molecule has 0 aliphatic carbocycles. The fourth-order valence-electron chi connectivity index (χ4n) is 2.70. The van der Waals surface area contributed by atoms with E-state index < -0.39 is 6.03 Å². The molecule has 144 valence electrons. The van der Waals surface area contributed by atoms with Crippen LogP contribution in [0.3, 0.4) is 0 Å². The van der Waals surface area contributed by atoms with Crippen molar-refractivity contribution in [3.05, 3.63) is 58.9 Å². The minimum Gasteiger partial charge on any atom is -0.351 e. The average molecular weight is 396 g/mol. The van der Waals surface area contributed by atoms with Gasteiger partial charge in [-0.15, -0.1) is 0 Å². The Bertz CT molecular complexity index is 1050. The zero-order chi connectivity index (χ0) is 20.1. The predicted octanol–water partition coefficient (Wildman–Crippen LogP) is 3.44. The van der Waals surface area contributed by atoms with Gasteiger partial charge in [-0.25, -0.2) is 4.79 Å². The first-order chi connectivity index (χ1) is 13.4. The van der Waals surface area contributed by atoms with Gasteiger partial charge in [-0.05, 0) is 37.3 Å². The lowest BCUT2D eigenvalue weighted by Gasteiger charge is -2.09. The van der Waals surface area contributed by atoms with Crippen molar-refractivity contribution in [2.75, 3.05) is 10.6 Å². The van der Waals surface area contributed by atoms with Crippen LogP contribution in [-0.4, -0.2) is 26.7 Å². The number of amides is 3. The van der Waals surface area contributed by atoms with Gasteiger partial charge >= 0.3 is 6.03 Å². The van der Waals surface area contributed by atoms with Crippen LogP contribution < -0.4 is 16.4 Å². The lowest BCUT2D eigenvalue weighted by molar-refractivity contribution is -0.116. The minimum atomic E-state index is -0.665. The normalized spacial score (nSPS) is 10.5. The fraction of sp³-hybridized carbons (Fsp3) is 0.158. The zero-order valence-electron chi connectivity index (χ0n) is 15.2. The highest BCUT2D eigenvalue weighted by Crippen LogP contribution is 2.19. The average Bonchev–Trinajstić information content (AvgIpc) is 3.01. The number of urea groups is 1. The van der Waals surface area contributed by atoms with Gasteiger partial charge in [0.05, 0.1) is 0 Å². The number of primary amides is 1. The molecular weight excluding hydrogens is 376 g/mol. The number of H-pyrrole nitrogens is 1. The Morgan fingerprint density at radius 2 is 1.82 bits per heavy atom. The number of rotatable bonds is 6. The monoisotopic (exact) mass is 396 g/mol. The van der Waals surface area contributed by atoms with Crippen LogP contribution in [0, 0.1) is 11.7 Å². The number of nitrogens with zero attached hydrogens (tertiary/aromatic N) is 2. The van der Waals surface area contributed by atoms with E-state index in [1.165, 1.54) is 0 Å². The summed E-state index contributed by atoms with van der Waals surface area (Å²) in [4.78, 5) is 23.3. The van der Waals surface area contributed by atoms with Crippen molar-refractivity contribution in [3.8, 4) is 11.4 Å². The number of nitrogens with one attached hydrogen (secondary N) is 3. The van der Waals surface area contributed by atoms with Crippen LogP contribution in [0.15, 0.2) is 48.5 Å². The number of anilines is 2. The number of aryl methyl sites for hydroxylation is 1. The molecule has 0 radical (unpaired) electrons. The molecule has 3 rings (SSSR count). The highest BCUT2D eigenvalue weighted by Gasteiger charge is 2.11. The molecule has 0 aliphatic rings. The van der Waals surface area contributed by atoms with E-state index in [0.29, 0.717) is 28.5 Å². The second kappa shape index (κ2) is 8.49. The second-order valence-electron chi connectivity index (χ2n) is 6.24. The number of carbonyl (C=O) groups is 2. The topological polar surface area (TPSA) is 118 Å². The van der Waals surface area contributed by atoms with E-state index in [4.69, 9.17) is 18.0 Å². The molecule has 0 spiro atoms. The maximum Gasteiger partial charge on any atom is 0.316 e. The minimum absolute atomic E-state index is 0.186. The van der Waals surface area contributed by atoms with Crippen LogP contribution in [0.4, 0.5) is 16.2 Å². The van der Waals surface area contributed by atoms with Gasteiger partial charge in [-0.1, -0.05) is 35.9 Å². The smallest absolute Gasteiger partial charge is 0.316 e. The Balaban J connectivity index is 1.67. The summed E-state index contributed by atoms with van der Waals surface area (Å²) in [6, 6.07) is 14.0. The molecule has 9 heteroatoms. The molecule has 1 heterocycles. The third-order valence-corrected chi connectivity index (χ3v) is 4.36. The lowest BCUT2D eigenvalue weighted by Crippen LogP contribution is -2.19. The summed E-state index contributed by atoms with van der Waals surface area (Å²) in [6.45, 7) is 2.39. The van der Waals surface area contributed by atoms with Gasteiger partial charge in [-0.3, -0.25) is 14.5 Å². The molecule has 3 aromatic rings. The quantitative estimate of drug-likeness (QED) is 0.477. The highest BCUT2D eigenvalue weighted by molar-refractivity contribution is 7.71. The van der Waals surface area contributed by atoms with E-state index in [9.17, 15) is 9.59 Å². The first-order valence-electron chi connectivity index (χ1n) is 8.61. The van der Waals surface area contributed by atoms with Gasteiger partial charge in [0.1, 0.15) is 0 Å². The Hall–Kier alpha value is -3.46. The third kappa shape index (κ3) is 4.83. The summed E-state index contributed by atoms with van der Waals surface area (Å²) in [6.07, 6.45) is 0.209. The molecule has 0 atom stereocenters. The lowest BCUT2D eigenvalue weighted by atomic mass is 10.1. The predicted molar refractivity (Wildman–Crippen MR) is 110 cm³/mol. The van der Waals surface area contributed by atoms with Gasteiger partial charge in [0.2, 0.25) is 5.91 Å². The molecule has 3 amide bonds. The van der Waals surface area contributed by atoms with Crippen LogP contribution in [0.2, 0.25) is 0 Å². The number of benzene rings is 2. The summed E-state index contributed by atoms with van der Waals surface area (Å²) in [5.74, 6) is 0.500. The number of hydrogen-bond acceptors (Lipinski definition) is 4. The summed E-state index contributed by atoms with van der Waals surface area (Å²) in [5, 5.41) is 12.3. The molecule has 8 nitrogen and oxygen atoms in total. The molecule has 0 unspecified atom stereocenters. The Morgan fingerprint density at radius 3 is 2.50 bits per heavy atom. The molecule has 0 bridgehead atoms. The van der Waals surface area contributed by atoms with E-state index >= 15 is 0 Å². The number of nitrogens with two attached hydrogens (primary N) is 1. The first-order valence-corrected chi connectivity index (χ1v) is 9.02. The molecule has 2 aromatic carbocycles. The third-order valence-electron chi connectivity index (χ3n) is 4.04. The van der Waals surface area contributed by atoms with Crippen LogP contribution in [0.5, 0.6) is 0 Å². The Kier molecular flexibility index (Phi) is 5.85. The van der Waals surface area contributed by atoms with Gasteiger partial charge in [-0.2, -0.15) is 5.10 Å².